The molecule has 1 aromatic carbocycles. The van der Waals surface area contributed by atoms with Crippen LogP contribution in [-0.4, -0.2) is 38.1 Å². The van der Waals surface area contributed by atoms with Crippen molar-refractivity contribution in [1.82, 2.24) is 10.6 Å². The zero-order valence-corrected chi connectivity index (χ0v) is 12.9. The SMILES string of the molecule is CCNC(=O)C1CNCCN1c1cc(Br)ccc1C#N. The summed E-state index contributed by atoms with van der Waals surface area (Å²) in [5.74, 6) is -0.0106. The molecule has 5 nitrogen and oxygen atoms in total. The van der Waals surface area contributed by atoms with E-state index in [2.05, 4.69) is 32.6 Å². The third kappa shape index (κ3) is 3.11. The Bertz CT molecular complexity index is 540. The molecule has 0 radical (unpaired) electrons. The van der Waals surface area contributed by atoms with Crippen molar-refractivity contribution in [3.05, 3.63) is 28.2 Å². The summed E-state index contributed by atoms with van der Waals surface area (Å²) in [6.45, 7) is 4.59. The van der Waals surface area contributed by atoms with Gasteiger partial charge in [0.1, 0.15) is 12.1 Å². The molecule has 6 heteroatoms. The van der Waals surface area contributed by atoms with Crippen LogP contribution in [0.15, 0.2) is 22.7 Å². The molecule has 1 aliphatic heterocycles. The zero-order chi connectivity index (χ0) is 14.5. The van der Waals surface area contributed by atoms with Crippen molar-refractivity contribution in [2.75, 3.05) is 31.1 Å². The normalized spacial score (nSPS) is 18.4. The molecule has 0 aromatic heterocycles. The van der Waals surface area contributed by atoms with Crippen LogP contribution in [-0.2, 0) is 4.79 Å². The third-order valence-electron chi connectivity index (χ3n) is 3.29. The van der Waals surface area contributed by atoms with Crippen molar-refractivity contribution in [3.8, 4) is 6.07 Å². The summed E-state index contributed by atoms with van der Waals surface area (Å²) in [4.78, 5) is 14.2. The van der Waals surface area contributed by atoms with E-state index in [-0.39, 0.29) is 11.9 Å². The predicted octanol–water partition coefficient (Wildman–Crippen LogP) is 1.24. The molecule has 1 amide bonds. The number of rotatable bonds is 3. The van der Waals surface area contributed by atoms with Crippen LogP contribution >= 0.6 is 15.9 Å². The largest absolute Gasteiger partial charge is 0.356 e. The van der Waals surface area contributed by atoms with Gasteiger partial charge in [0.25, 0.3) is 0 Å². The number of likely N-dealkylation sites (N-methyl/N-ethyl adjacent to an activating group) is 1. The van der Waals surface area contributed by atoms with Crippen molar-refractivity contribution in [1.29, 1.82) is 5.26 Å². The lowest BCUT2D eigenvalue weighted by atomic mass is 10.1. The molecule has 1 fully saturated rings. The zero-order valence-electron chi connectivity index (χ0n) is 11.3. The number of halogens is 1. The number of benzene rings is 1. The van der Waals surface area contributed by atoms with Crippen LogP contribution in [0.3, 0.4) is 0 Å². The van der Waals surface area contributed by atoms with Gasteiger partial charge in [0.15, 0.2) is 0 Å². The van der Waals surface area contributed by atoms with Crippen LogP contribution < -0.4 is 15.5 Å². The molecule has 1 aromatic rings. The van der Waals surface area contributed by atoms with E-state index in [0.29, 0.717) is 25.2 Å². The van der Waals surface area contributed by atoms with E-state index in [9.17, 15) is 10.1 Å². The van der Waals surface area contributed by atoms with Gasteiger partial charge in [0.05, 0.1) is 11.3 Å². The number of carbonyl (C=O) groups is 1. The number of anilines is 1. The van der Waals surface area contributed by atoms with Gasteiger partial charge in [-0.2, -0.15) is 5.26 Å². The molecule has 20 heavy (non-hydrogen) atoms. The molecule has 1 unspecified atom stereocenters. The Labute approximate surface area is 127 Å². The minimum atomic E-state index is -0.287. The van der Waals surface area contributed by atoms with Gasteiger partial charge in [-0.3, -0.25) is 4.79 Å². The van der Waals surface area contributed by atoms with Crippen LogP contribution in [0, 0.1) is 11.3 Å². The lowest BCUT2D eigenvalue weighted by Crippen LogP contribution is -2.58. The summed E-state index contributed by atoms with van der Waals surface area (Å²) in [5, 5.41) is 15.3. The van der Waals surface area contributed by atoms with E-state index in [1.54, 1.807) is 6.07 Å². The van der Waals surface area contributed by atoms with Crippen molar-refractivity contribution in [2.24, 2.45) is 0 Å². The summed E-state index contributed by atoms with van der Waals surface area (Å²) in [6.07, 6.45) is 0. The highest BCUT2D eigenvalue weighted by molar-refractivity contribution is 9.10. The molecule has 0 aliphatic carbocycles. The number of carbonyl (C=O) groups excluding carboxylic acids is 1. The Morgan fingerprint density at radius 2 is 2.45 bits per heavy atom. The van der Waals surface area contributed by atoms with Crippen molar-refractivity contribution in [3.63, 3.8) is 0 Å². The van der Waals surface area contributed by atoms with E-state index in [0.717, 1.165) is 16.7 Å². The fourth-order valence-electron chi connectivity index (χ4n) is 2.36. The Hall–Kier alpha value is -1.58. The Kier molecular flexibility index (Phi) is 4.99. The maximum Gasteiger partial charge on any atom is 0.244 e. The lowest BCUT2D eigenvalue weighted by Gasteiger charge is -2.37. The molecule has 1 saturated heterocycles. The fraction of sp³-hybridized carbons (Fsp3) is 0.429. The predicted molar refractivity (Wildman–Crippen MR) is 81.5 cm³/mol. The van der Waals surface area contributed by atoms with Gasteiger partial charge < -0.3 is 15.5 Å². The second kappa shape index (κ2) is 6.73. The number of nitrogens with zero attached hydrogens (tertiary/aromatic N) is 2. The van der Waals surface area contributed by atoms with E-state index in [1.165, 1.54) is 0 Å². The number of hydrogen-bond acceptors (Lipinski definition) is 4. The van der Waals surface area contributed by atoms with Crippen LogP contribution in [0.5, 0.6) is 0 Å². The van der Waals surface area contributed by atoms with Crippen molar-refractivity contribution < 1.29 is 4.79 Å². The summed E-state index contributed by atoms with van der Waals surface area (Å²) in [5.41, 5.74) is 1.39. The van der Waals surface area contributed by atoms with Gasteiger partial charge in [-0.25, -0.2) is 0 Å². The highest BCUT2D eigenvalue weighted by Crippen LogP contribution is 2.27. The number of hydrogen-bond donors (Lipinski definition) is 2. The average Bonchev–Trinajstić information content (AvgIpc) is 2.47. The topological polar surface area (TPSA) is 68.2 Å². The van der Waals surface area contributed by atoms with E-state index in [4.69, 9.17) is 0 Å². The second-order valence-corrected chi connectivity index (χ2v) is 5.50. The number of nitriles is 1. The maximum absolute atomic E-state index is 12.2. The molecular weight excluding hydrogens is 320 g/mol. The Morgan fingerprint density at radius 3 is 3.15 bits per heavy atom. The molecule has 1 heterocycles. The molecule has 2 rings (SSSR count). The smallest absolute Gasteiger partial charge is 0.244 e. The molecule has 0 bridgehead atoms. The summed E-state index contributed by atoms with van der Waals surface area (Å²) < 4.78 is 0.902. The summed E-state index contributed by atoms with van der Waals surface area (Å²) in [7, 11) is 0. The monoisotopic (exact) mass is 336 g/mol. The summed E-state index contributed by atoms with van der Waals surface area (Å²) in [6, 6.07) is 7.42. The molecule has 1 atom stereocenters. The number of piperazine rings is 1. The number of nitrogens with one attached hydrogen (secondary N) is 2. The fourth-order valence-corrected chi connectivity index (χ4v) is 2.70. The Balaban J connectivity index is 2.35. The van der Waals surface area contributed by atoms with E-state index >= 15 is 0 Å². The molecule has 1 aliphatic rings. The van der Waals surface area contributed by atoms with Gasteiger partial charge in [-0.15, -0.1) is 0 Å². The van der Waals surface area contributed by atoms with Crippen molar-refractivity contribution >= 4 is 27.5 Å². The van der Waals surface area contributed by atoms with E-state index in [1.807, 2.05) is 24.0 Å². The standard InChI is InChI=1S/C14H17BrN4O/c1-2-18-14(20)13-9-17-5-6-19(13)12-7-11(15)4-3-10(12)8-16/h3-4,7,13,17H,2,5-6,9H2,1H3,(H,18,20). The Morgan fingerprint density at radius 1 is 1.65 bits per heavy atom. The first-order valence-corrected chi connectivity index (χ1v) is 7.41. The highest BCUT2D eigenvalue weighted by atomic mass is 79.9. The quantitative estimate of drug-likeness (QED) is 0.871. The van der Waals surface area contributed by atoms with Gasteiger partial charge >= 0.3 is 0 Å². The first-order valence-electron chi connectivity index (χ1n) is 6.62. The first-order chi connectivity index (χ1) is 9.67. The minimum absolute atomic E-state index is 0.0106. The van der Waals surface area contributed by atoms with E-state index < -0.39 is 0 Å². The van der Waals surface area contributed by atoms with Crippen LogP contribution in [0.4, 0.5) is 5.69 Å². The molecular formula is C14H17BrN4O. The lowest BCUT2D eigenvalue weighted by molar-refractivity contribution is -0.122. The molecule has 2 N–H and O–H groups in total. The van der Waals surface area contributed by atoms with Crippen LogP contribution in [0.1, 0.15) is 12.5 Å². The number of amides is 1. The first kappa shape index (κ1) is 14.8. The summed E-state index contributed by atoms with van der Waals surface area (Å²) >= 11 is 3.43. The van der Waals surface area contributed by atoms with Gasteiger partial charge in [0, 0.05) is 30.7 Å². The molecule has 106 valence electrons. The molecule has 0 saturated carbocycles. The van der Waals surface area contributed by atoms with Gasteiger partial charge in [-0.1, -0.05) is 15.9 Å². The van der Waals surface area contributed by atoms with Crippen LogP contribution in [0.2, 0.25) is 0 Å². The van der Waals surface area contributed by atoms with Gasteiger partial charge in [-0.05, 0) is 25.1 Å². The molecule has 0 spiro atoms. The third-order valence-corrected chi connectivity index (χ3v) is 3.78. The average molecular weight is 337 g/mol. The van der Waals surface area contributed by atoms with Crippen LogP contribution in [0.25, 0.3) is 0 Å². The maximum atomic E-state index is 12.2. The van der Waals surface area contributed by atoms with Gasteiger partial charge in [0.2, 0.25) is 5.91 Å². The van der Waals surface area contributed by atoms with Crippen molar-refractivity contribution in [2.45, 2.75) is 13.0 Å². The second-order valence-electron chi connectivity index (χ2n) is 4.58. The highest BCUT2D eigenvalue weighted by Gasteiger charge is 2.29. The minimum Gasteiger partial charge on any atom is -0.356 e.